The molecule has 1 rings (SSSR count). The molecule has 0 aromatic carbocycles. The van der Waals surface area contributed by atoms with E-state index in [-0.39, 0.29) is 11.3 Å². The van der Waals surface area contributed by atoms with Crippen LogP contribution in [0.3, 0.4) is 0 Å². The molecule has 0 aromatic heterocycles. The second-order valence-corrected chi connectivity index (χ2v) is 4.48. The van der Waals surface area contributed by atoms with Crippen molar-refractivity contribution in [2.24, 2.45) is 11.3 Å². The summed E-state index contributed by atoms with van der Waals surface area (Å²) in [6, 6.07) is 0. The van der Waals surface area contributed by atoms with Gasteiger partial charge in [-0.05, 0) is 31.6 Å². The van der Waals surface area contributed by atoms with E-state index in [9.17, 15) is 9.59 Å². The third-order valence-electron chi connectivity index (χ3n) is 3.57. The van der Waals surface area contributed by atoms with E-state index >= 15 is 0 Å². The fourth-order valence-electron chi connectivity index (χ4n) is 1.87. The lowest BCUT2D eigenvalue weighted by Crippen LogP contribution is -2.44. The smallest absolute Gasteiger partial charge is 0.315 e. The molecular formula is C11H19NO3. The summed E-state index contributed by atoms with van der Waals surface area (Å²) in [7, 11) is 0. The lowest BCUT2D eigenvalue weighted by atomic mass is 9.67. The van der Waals surface area contributed by atoms with E-state index in [2.05, 4.69) is 12.2 Å². The number of hydrogen-bond acceptors (Lipinski definition) is 2. The summed E-state index contributed by atoms with van der Waals surface area (Å²) >= 11 is 0. The maximum Gasteiger partial charge on any atom is 0.315 e. The molecule has 2 N–H and O–H groups in total. The second kappa shape index (κ2) is 4.64. The number of carbonyl (C=O) groups excluding carboxylic acids is 1. The van der Waals surface area contributed by atoms with Crippen LogP contribution in [0.2, 0.25) is 0 Å². The molecule has 0 bridgehead atoms. The zero-order valence-corrected chi connectivity index (χ0v) is 9.38. The molecule has 0 heterocycles. The lowest BCUT2D eigenvalue weighted by molar-refractivity contribution is -0.146. The number of carboxylic acid groups (broad SMARTS) is 1. The first kappa shape index (κ1) is 12.0. The summed E-state index contributed by atoms with van der Waals surface area (Å²) < 4.78 is 0. The van der Waals surface area contributed by atoms with E-state index < -0.39 is 11.9 Å². The van der Waals surface area contributed by atoms with Crippen molar-refractivity contribution in [2.75, 3.05) is 6.54 Å². The highest BCUT2D eigenvalue weighted by Gasteiger charge is 2.35. The number of nitrogens with one attached hydrogen (secondary N) is 1. The third kappa shape index (κ3) is 2.70. The maximum absolute atomic E-state index is 11.4. The number of carbonyl (C=O) groups is 2. The molecule has 1 unspecified atom stereocenters. The van der Waals surface area contributed by atoms with Gasteiger partial charge in [-0.15, -0.1) is 0 Å². The Morgan fingerprint density at radius 3 is 2.40 bits per heavy atom. The van der Waals surface area contributed by atoms with Gasteiger partial charge in [0.15, 0.2) is 0 Å². The first-order valence-electron chi connectivity index (χ1n) is 5.51. The highest BCUT2D eigenvalue weighted by Crippen LogP contribution is 2.43. The minimum Gasteiger partial charge on any atom is -0.481 e. The van der Waals surface area contributed by atoms with Gasteiger partial charge in [-0.25, -0.2) is 0 Å². The average Bonchev–Trinajstić information content (AvgIpc) is 2.15. The zero-order valence-electron chi connectivity index (χ0n) is 9.38. The van der Waals surface area contributed by atoms with Gasteiger partial charge >= 0.3 is 5.97 Å². The van der Waals surface area contributed by atoms with Gasteiger partial charge in [0.25, 0.3) is 0 Å². The topological polar surface area (TPSA) is 66.4 Å². The van der Waals surface area contributed by atoms with Crippen molar-refractivity contribution in [1.29, 1.82) is 0 Å². The van der Waals surface area contributed by atoms with Gasteiger partial charge in [0.05, 0.1) is 0 Å². The van der Waals surface area contributed by atoms with Crippen molar-refractivity contribution in [2.45, 2.75) is 39.5 Å². The molecule has 1 fully saturated rings. The summed E-state index contributed by atoms with van der Waals surface area (Å²) in [5, 5.41) is 11.4. The SMILES string of the molecule is CCC1(CNC(=O)C(C)C(=O)O)CCC1. The standard InChI is InChI=1S/C11H19NO3/c1-3-11(5-4-6-11)7-12-9(13)8(2)10(14)15/h8H,3-7H2,1-2H3,(H,12,13)(H,14,15). The largest absolute Gasteiger partial charge is 0.481 e. The van der Waals surface area contributed by atoms with Gasteiger partial charge in [0.1, 0.15) is 5.92 Å². The first-order chi connectivity index (χ1) is 7.01. The summed E-state index contributed by atoms with van der Waals surface area (Å²) in [5.74, 6) is -2.38. The Bertz CT molecular complexity index is 253. The van der Waals surface area contributed by atoms with E-state index in [1.54, 1.807) is 0 Å². The molecule has 0 saturated heterocycles. The van der Waals surface area contributed by atoms with Gasteiger partial charge in [0, 0.05) is 6.54 Å². The Morgan fingerprint density at radius 1 is 1.47 bits per heavy atom. The molecule has 1 amide bonds. The second-order valence-electron chi connectivity index (χ2n) is 4.48. The Kier molecular flexibility index (Phi) is 3.72. The highest BCUT2D eigenvalue weighted by molar-refractivity contribution is 5.96. The van der Waals surface area contributed by atoms with Crippen LogP contribution in [0.15, 0.2) is 0 Å². The number of amides is 1. The molecule has 4 heteroatoms. The molecule has 0 radical (unpaired) electrons. The fourth-order valence-corrected chi connectivity index (χ4v) is 1.87. The van der Waals surface area contributed by atoms with Crippen molar-refractivity contribution in [1.82, 2.24) is 5.32 Å². The van der Waals surface area contributed by atoms with Gasteiger partial charge in [-0.1, -0.05) is 13.3 Å². The van der Waals surface area contributed by atoms with Crippen molar-refractivity contribution in [3.63, 3.8) is 0 Å². The Morgan fingerprint density at radius 2 is 2.07 bits per heavy atom. The molecule has 0 spiro atoms. The van der Waals surface area contributed by atoms with Crippen LogP contribution in [-0.4, -0.2) is 23.5 Å². The van der Waals surface area contributed by atoms with Crippen LogP contribution in [0.4, 0.5) is 0 Å². The molecule has 1 saturated carbocycles. The van der Waals surface area contributed by atoms with Gasteiger partial charge < -0.3 is 10.4 Å². The summed E-state index contributed by atoms with van der Waals surface area (Å²) in [6.07, 6.45) is 4.56. The van der Waals surface area contributed by atoms with E-state index in [0.29, 0.717) is 6.54 Å². The molecule has 1 aliphatic rings. The number of aliphatic carboxylic acids is 1. The van der Waals surface area contributed by atoms with Crippen LogP contribution >= 0.6 is 0 Å². The van der Waals surface area contributed by atoms with Crippen molar-refractivity contribution in [3.8, 4) is 0 Å². The summed E-state index contributed by atoms with van der Waals surface area (Å²) in [5.41, 5.74) is 0.244. The van der Waals surface area contributed by atoms with Crippen molar-refractivity contribution < 1.29 is 14.7 Å². The Balaban J connectivity index is 2.36. The predicted molar refractivity (Wildman–Crippen MR) is 56.4 cm³/mol. The first-order valence-corrected chi connectivity index (χ1v) is 5.51. The third-order valence-corrected chi connectivity index (χ3v) is 3.57. The van der Waals surface area contributed by atoms with E-state index in [4.69, 9.17) is 5.11 Å². The molecule has 4 nitrogen and oxygen atoms in total. The molecule has 1 aliphatic carbocycles. The molecule has 0 aromatic rings. The van der Waals surface area contributed by atoms with E-state index in [1.807, 2.05) is 0 Å². The summed E-state index contributed by atoms with van der Waals surface area (Å²) in [4.78, 5) is 22.0. The van der Waals surface area contributed by atoms with Crippen molar-refractivity contribution >= 4 is 11.9 Å². The van der Waals surface area contributed by atoms with Crippen LogP contribution in [0, 0.1) is 11.3 Å². The number of carboxylic acids is 1. The van der Waals surface area contributed by atoms with Crippen LogP contribution < -0.4 is 5.32 Å². The average molecular weight is 213 g/mol. The van der Waals surface area contributed by atoms with Gasteiger partial charge in [-0.3, -0.25) is 9.59 Å². The minimum absolute atomic E-state index is 0.244. The molecule has 0 aliphatic heterocycles. The lowest BCUT2D eigenvalue weighted by Gasteiger charge is -2.41. The molecule has 86 valence electrons. The zero-order chi connectivity index (χ0) is 11.5. The van der Waals surface area contributed by atoms with Gasteiger partial charge in [0.2, 0.25) is 5.91 Å². The number of hydrogen-bond donors (Lipinski definition) is 2. The van der Waals surface area contributed by atoms with Crippen LogP contribution in [0.1, 0.15) is 39.5 Å². The monoisotopic (exact) mass is 213 g/mol. The van der Waals surface area contributed by atoms with Crippen LogP contribution in [-0.2, 0) is 9.59 Å². The summed E-state index contributed by atoms with van der Waals surface area (Å²) in [6.45, 7) is 4.16. The molecular weight excluding hydrogens is 194 g/mol. The fraction of sp³-hybridized carbons (Fsp3) is 0.818. The highest BCUT2D eigenvalue weighted by atomic mass is 16.4. The molecule has 15 heavy (non-hydrogen) atoms. The predicted octanol–water partition coefficient (Wildman–Crippen LogP) is 1.40. The van der Waals surface area contributed by atoms with Crippen LogP contribution in [0.5, 0.6) is 0 Å². The quantitative estimate of drug-likeness (QED) is 0.678. The number of rotatable bonds is 5. The van der Waals surface area contributed by atoms with Crippen LogP contribution in [0.25, 0.3) is 0 Å². The van der Waals surface area contributed by atoms with Crippen molar-refractivity contribution in [3.05, 3.63) is 0 Å². The van der Waals surface area contributed by atoms with Gasteiger partial charge in [-0.2, -0.15) is 0 Å². The normalized spacial score (nSPS) is 20.1. The Hall–Kier alpha value is -1.06. The van der Waals surface area contributed by atoms with E-state index in [1.165, 1.54) is 13.3 Å². The minimum atomic E-state index is -1.06. The van der Waals surface area contributed by atoms with E-state index in [0.717, 1.165) is 19.3 Å². The Labute approximate surface area is 90.0 Å². The molecule has 1 atom stereocenters. The maximum atomic E-state index is 11.4.